The van der Waals surface area contributed by atoms with E-state index in [0.717, 1.165) is 22.7 Å². The van der Waals surface area contributed by atoms with E-state index in [1.165, 1.54) is 36.2 Å². The third kappa shape index (κ3) is 7.71. The highest BCUT2D eigenvalue weighted by molar-refractivity contribution is 7.89. The van der Waals surface area contributed by atoms with E-state index >= 15 is 0 Å². The number of rotatable bonds is 11. The quantitative estimate of drug-likeness (QED) is 0.460. The second-order valence-electron chi connectivity index (χ2n) is 7.68. The molecule has 2 rings (SSSR count). The lowest BCUT2D eigenvalue weighted by Crippen LogP contribution is -2.50. The van der Waals surface area contributed by atoms with Crippen LogP contribution in [0.4, 0.5) is 0 Å². The summed E-state index contributed by atoms with van der Waals surface area (Å²) in [6.45, 7) is 3.86. The Labute approximate surface area is 205 Å². The van der Waals surface area contributed by atoms with Crippen molar-refractivity contribution in [2.24, 2.45) is 0 Å². The van der Waals surface area contributed by atoms with Crippen molar-refractivity contribution >= 4 is 45.0 Å². The molecule has 0 fully saturated rings. The molecule has 2 aromatic rings. The van der Waals surface area contributed by atoms with Gasteiger partial charge in [-0.05, 0) is 55.3 Å². The summed E-state index contributed by atoms with van der Waals surface area (Å²) >= 11 is 11.8. The van der Waals surface area contributed by atoms with Crippen molar-refractivity contribution in [1.82, 2.24) is 14.5 Å². The van der Waals surface area contributed by atoms with E-state index in [4.69, 9.17) is 23.2 Å². The number of amides is 2. The van der Waals surface area contributed by atoms with Gasteiger partial charge in [-0.1, -0.05) is 48.7 Å². The Balaban J connectivity index is 2.22. The number of hydrogen-bond acceptors (Lipinski definition) is 4. The Morgan fingerprint density at radius 3 is 2.09 bits per heavy atom. The molecule has 0 heterocycles. The van der Waals surface area contributed by atoms with Crippen LogP contribution in [-0.4, -0.2) is 55.6 Å². The van der Waals surface area contributed by atoms with Crippen LogP contribution in [0.5, 0.6) is 0 Å². The highest BCUT2D eigenvalue weighted by atomic mass is 35.5. The summed E-state index contributed by atoms with van der Waals surface area (Å²) in [5.74, 6) is -0.794. The number of hydrogen-bond donors (Lipinski definition) is 1. The molecule has 0 radical (unpaired) electrons. The number of halogens is 2. The lowest BCUT2D eigenvalue weighted by Gasteiger charge is -2.30. The molecule has 2 amide bonds. The third-order valence-electron chi connectivity index (χ3n) is 5.14. The molecular formula is C23H29Cl2N3O4S. The molecule has 0 saturated carbocycles. The normalized spacial score (nSPS) is 12.4. The van der Waals surface area contributed by atoms with Gasteiger partial charge in [0.1, 0.15) is 6.04 Å². The van der Waals surface area contributed by atoms with Crippen molar-refractivity contribution in [3.8, 4) is 0 Å². The first-order valence-electron chi connectivity index (χ1n) is 10.6. The van der Waals surface area contributed by atoms with Crippen molar-refractivity contribution in [3.63, 3.8) is 0 Å². The van der Waals surface area contributed by atoms with Gasteiger partial charge in [0.15, 0.2) is 0 Å². The standard InChI is InChI=1S/C23H29Cl2N3O4S/c1-4-5-14-26-23(30)17(2)28(15-18-6-8-19(24)9-7-18)22(29)16-27(3)33(31,32)21-12-10-20(25)11-13-21/h6-13,17H,4-5,14-16H2,1-3H3,(H,26,30)/t17-/m1/s1. The smallest absolute Gasteiger partial charge is 0.243 e. The van der Waals surface area contributed by atoms with Crippen LogP contribution in [0.3, 0.4) is 0 Å². The summed E-state index contributed by atoms with van der Waals surface area (Å²) < 4.78 is 26.8. The van der Waals surface area contributed by atoms with Gasteiger partial charge in [0.2, 0.25) is 21.8 Å². The lowest BCUT2D eigenvalue weighted by molar-refractivity contribution is -0.140. The summed E-state index contributed by atoms with van der Waals surface area (Å²) in [7, 11) is -2.59. The van der Waals surface area contributed by atoms with Crippen LogP contribution < -0.4 is 5.32 Å². The Bertz CT molecular complexity index is 1040. The van der Waals surface area contributed by atoms with Gasteiger partial charge in [-0.25, -0.2) is 8.42 Å². The summed E-state index contributed by atoms with van der Waals surface area (Å²) in [5.41, 5.74) is 0.768. The van der Waals surface area contributed by atoms with Crippen LogP contribution in [0.2, 0.25) is 10.0 Å². The minimum absolute atomic E-state index is 0.0248. The second kappa shape index (κ2) is 12.4. The zero-order valence-electron chi connectivity index (χ0n) is 18.9. The number of nitrogens with zero attached hydrogens (tertiary/aromatic N) is 2. The molecule has 1 N–H and O–H groups in total. The molecule has 0 aliphatic heterocycles. The fourth-order valence-corrected chi connectivity index (χ4v) is 4.43. The molecule has 0 spiro atoms. The van der Waals surface area contributed by atoms with Crippen molar-refractivity contribution in [2.45, 2.75) is 44.2 Å². The summed E-state index contributed by atoms with van der Waals surface area (Å²) in [4.78, 5) is 27.3. The Hall–Kier alpha value is -2.13. The highest BCUT2D eigenvalue weighted by Crippen LogP contribution is 2.19. The summed E-state index contributed by atoms with van der Waals surface area (Å²) in [5, 5.41) is 3.79. The first-order chi connectivity index (χ1) is 15.6. The average molecular weight is 514 g/mol. The minimum atomic E-state index is -3.92. The van der Waals surface area contributed by atoms with Gasteiger partial charge in [0.05, 0.1) is 11.4 Å². The van der Waals surface area contributed by atoms with Crippen molar-refractivity contribution in [3.05, 3.63) is 64.1 Å². The first-order valence-corrected chi connectivity index (χ1v) is 12.8. The van der Waals surface area contributed by atoms with Crippen molar-refractivity contribution in [2.75, 3.05) is 20.1 Å². The highest BCUT2D eigenvalue weighted by Gasteiger charge is 2.30. The topological polar surface area (TPSA) is 86.8 Å². The number of unbranched alkanes of at least 4 members (excludes halogenated alkanes) is 1. The monoisotopic (exact) mass is 513 g/mol. The fraction of sp³-hybridized carbons (Fsp3) is 0.391. The van der Waals surface area contributed by atoms with E-state index in [9.17, 15) is 18.0 Å². The molecule has 0 unspecified atom stereocenters. The van der Waals surface area contributed by atoms with E-state index in [-0.39, 0.29) is 17.3 Å². The largest absolute Gasteiger partial charge is 0.354 e. The lowest BCUT2D eigenvalue weighted by atomic mass is 10.1. The molecule has 0 bridgehead atoms. The van der Waals surface area contributed by atoms with Crippen LogP contribution >= 0.6 is 23.2 Å². The Morgan fingerprint density at radius 2 is 1.55 bits per heavy atom. The predicted molar refractivity (Wildman–Crippen MR) is 131 cm³/mol. The SMILES string of the molecule is CCCCNC(=O)[C@@H](C)N(Cc1ccc(Cl)cc1)C(=O)CN(C)S(=O)(=O)c1ccc(Cl)cc1. The average Bonchev–Trinajstić information content (AvgIpc) is 2.78. The first kappa shape index (κ1) is 27.1. The molecular weight excluding hydrogens is 485 g/mol. The van der Waals surface area contributed by atoms with Crippen LogP contribution in [-0.2, 0) is 26.2 Å². The number of benzene rings is 2. The summed E-state index contributed by atoms with van der Waals surface area (Å²) in [6.07, 6.45) is 1.75. The molecule has 0 aliphatic rings. The number of carbonyl (C=O) groups excluding carboxylic acids is 2. The Morgan fingerprint density at radius 1 is 1.00 bits per heavy atom. The van der Waals surface area contributed by atoms with Crippen LogP contribution in [0.1, 0.15) is 32.3 Å². The van der Waals surface area contributed by atoms with Gasteiger partial charge in [-0.15, -0.1) is 0 Å². The molecule has 33 heavy (non-hydrogen) atoms. The minimum Gasteiger partial charge on any atom is -0.354 e. The van der Waals surface area contributed by atoms with Crippen LogP contribution in [0.15, 0.2) is 53.4 Å². The van der Waals surface area contributed by atoms with Gasteiger partial charge in [0.25, 0.3) is 0 Å². The number of nitrogens with one attached hydrogen (secondary N) is 1. The Kier molecular flexibility index (Phi) is 10.2. The predicted octanol–water partition coefficient (Wildman–Crippen LogP) is 3.95. The maximum Gasteiger partial charge on any atom is 0.243 e. The molecule has 1 atom stereocenters. The maximum atomic E-state index is 13.2. The van der Waals surface area contributed by atoms with Crippen LogP contribution in [0, 0.1) is 0 Å². The zero-order valence-corrected chi connectivity index (χ0v) is 21.3. The van der Waals surface area contributed by atoms with E-state index in [0.29, 0.717) is 16.6 Å². The molecule has 0 aromatic heterocycles. The number of likely N-dealkylation sites (N-methyl/N-ethyl adjacent to an activating group) is 1. The van der Waals surface area contributed by atoms with Crippen molar-refractivity contribution < 1.29 is 18.0 Å². The fourth-order valence-electron chi connectivity index (χ4n) is 3.06. The van der Waals surface area contributed by atoms with E-state index < -0.39 is 28.5 Å². The molecule has 0 saturated heterocycles. The van der Waals surface area contributed by atoms with Gasteiger partial charge in [-0.3, -0.25) is 9.59 Å². The molecule has 0 aliphatic carbocycles. The molecule has 180 valence electrons. The van der Waals surface area contributed by atoms with E-state index in [1.807, 2.05) is 6.92 Å². The van der Waals surface area contributed by atoms with E-state index in [1.54, 1.807) is 31.2 Å². The van der Waals surface area contributed by atoms with Crippen molar-refractivity contribution in [1.29, 1.82) is 0 Å². The number of carbonyl (C=O) groups is 2. The van der Waals surface area contributed by atoms with E-state index in [2.05, 4.69) is 5.32 Å². The second-order valence-corrected chi connectivity index (χ2v) is 10.6. The molecule has 2 aromatic carbocycles. The number of sulfonamides is 1. The molecule has 10 heteroatoms. The van der Waals surface area contributed by atoms with Crippen LogP contribution in [0.25, 0.3) is 0 Å². The third-order valence-corrected chi connectivity index (χ3v) is 7.46. The van der Waals surface area contributed by atoms with Gasteiger partial charge >= 0.3 is 0 Å². The zero-order chi connectivity index (χ0) is 24.6. The molecule has 7 nitrogen and oxygen atoms in total. The van der Waals surface area contributed by atoms with Gasteiger partial charge in [0, 0.05) is 30.2 Å². The van der Waals surface area contributed by atoms with Gasteiger partial charge in [-0.2, -0.15) is 4.31 Å². The maximum absolute atomic E-state index is 13.2. The van der Waals surface area contributed by atoms with Gasteiger partial charge < -0.3 is 10.2 Å². The summed E-state index contributed by atoms with van der Waals surface area (Å²) in [6, 6.07) is 11.8.